The van der Waals surface area contributed by atoms with Crippen molar-refractivity contribution < 1.29 is 9.90 Å². The number of fused-ring (bicyclic) bond motifs is 5. The normalized spacial score (nSPS) is 19.4. The largest absolute Gasteiger partial charge is 0.477 e. The standard InChI is InChI=1S/C30H30ClN7O3/c1-32-23-8-17(31)7-19-18(23)9-24-26(19)27(37-5-4-15-12-36(3)14-25(15)37)21(11-34-24)16-6-20-28(39)22(30(40)41)13-38(33-2)29(20)35-10-16/h6-8,10-11,13,15,25,32-33H,4-5,9,12,14H2,1-3H3,(H,40,41)/t15-,25+/m0/s1. The van der Waals surface area contributed by atoms with Crippen LogP contribution in [-0.4, -0.2) is 77.4 Å². The summed E-state index contributed by atoms with van der Waals surface area (Å²) >= 11 is 6.62. The van der Waals surface area contributed by atoms with Crippen molar-refractivity contribution in [3.8, 4) is 22.3 Å². The highest BCUT2D eigenvalue weighted by molar-refractivity contribution is 6.31. The van der Waals surface area contributed by atoms with Crippen molar-refractivity contribution in [3.63, 3.8) is 0 Å². The highest BCUT2D eigenvalue weighted by atomic mass is 35.5. The molecule has 4 aromatic rings. The maximum Gasteiger partial charge on any atom is 0.341 e. The summed E-state index contributed by atoms with van der Waals surface area (Å²) in [4.78, 5) is 39.7. The Morgan fingerprint density at radius 3 is 2.71 bits per heavy atom. The smallest absolute Gasteiger partial charge is 0.341 e. The maximum absolute atomic E-state index is 13.3. The molecule has 1 aromatic carbocycles. The quantitative estimate of drug-likeness (QED) is 0.290. The second-order valence-electron chi connectivity index (χ2n) is 11.1. The number of nitrogens with zero attached hydrogens (tertiary/aromatic N) is 5. The van der Waals surface area contributed by atoms with E-state index in [1.165, 1.54) is 10.9 Å². The van der Waals surface area contributed by atoms with E-state index < -0.39 is 11.4 Å². The van der Waals surface area contributed by atoms with Crippen LogP contribution in [-0.2, 0) is 6.42 Å². The minimum Gasteiger partial charge on any atom is -0.477 e. The summed E-state index contributed by atoms with van der Waals surface area (Å²) in [5.41, 5.74) is 10.3. The van der Waals surface area contributed by atoms with Crippen molar-refractivity contribution >= 4 is 40.0 Å². The number of anilines is 2. The Hall–Kier alpha value is -4.15. The van der Waals surface area contributed by atoms with E-state index in [2.05, 4.69) is 32.6 Å². The van der Waals surface area contributed by atoms with Gasteiger partial charge in [-0.05, 0) is 48.7 Å². The van der Waals surface area contributed by atoms with Gasteiger partial charge in [0.25, 0.3) is 0 Å². The molecule has 2 atom stereocenters. The average molecular weight is 572 g/mol. The summed E-state index contributed by atoms with van der Waals surface area (Å²) in [7, 11) is 5.72. The van der Waals surface area contributed by atoms with Crippen LogP contribution in [0.3, 0.4) is 0 Å². The fourth-order valence-corrected chi connectivity index (χ4v) is 7.26. The van der Waals surface area contributed by atoms with Gasteiger partial charge in [-0.1, -0.05) is 11.6 Å². The van der Waals surface area contributed by atoms with Crippen LogP contribution < -0.4 is 21.1 Å². The van der Waals surface area contributed by atoms with Gasteiger partial charge in [-0.15, -0.1) is 0 Å². The number of nitrogens with one attached hydrogen (secondary N) is 2. The molecule has 2 fully saturated rings. The van der Waals surface area contributed by atoms with Crippen molar-refractivity contribution in [3.05, 3.63) is 68.9 Å². The van der Waals surface area contributed by atoms with Gasteiger partial charge in [-0.3, -0.25) is 9.78 Å². The molecular weight excluding hydrogens is 542 g/mol. The SMILES string of the molecule is CNc1cc(Cl)cc2c1Cc1ncc(-c3cnc4c(c3)c(=O)c(C(=O)O)cn4NC)c(N3CC[C@H]4CN(C)C[C@H]43)c1-2. The van der Waals surface area contributed by atoms with E-state index in [4.69, 9.17) is 16.6 Å². The molecule has 0 bridgehead atoms. The van der Waals surface area contributed by atoms with E-state index in [0.29, 0.717) is 34.6 Å². The van der Waals surface area contributed by atoms with Crippen LogP contribution in [0.15, 0.2) is 41.6 Å². The lowest BCUT2D eigenvalue weighted by Crippen LogP contribution is -2.35. The molecule has 0 saturated carbocycles. The molecule has 10 nitrogen and oxygen atoms in total. The molecule has 0 radical (unpaired) electrons. The van der Waals surface area contributed by atoms with E-state index in [9.17, 15) is 14.7 Å². The number of halogens is 1. The average Bonchev–Trinajstić information content (AvgIpc) is 3.64. The predicted octanol–water partition coefficient (Wildman–Crippen LogP) is 3.74. The van der Waals surface area contributed by atoms with Crippen LogP contribution in [0.5, 0.6) is 0 Å². The van der Waals surface area contributed by atoms with Gasteiger partial charge in [-0.2, -0.15) is 0 Å². The Bertz CT molecular complexity index is 1820. The first kappa shape index (κ1) is 25.8. The van der Waals surface area contributed by atoms with Crippen LogP contribution in [0, 0.1) is 5.92 Å². The topological polar surface area (TPSA) is 116 Å². The third-order valence-electron chi connectivity index (χ3n) is 8.87. The first-order chi connectivity index (χ1) is 19.8. The number of carboxylic acids is 1. The van der Waals surface area contributed by atoms with Gasteiger partial charge >= 0.3 is 5.97 Å². The van der Waals surface area contributed by atoms with Crippen LogP contribution >= 0.6 is 11.6 Å². The summed E-state index contributed by atoms with van der Waals surface area (Å²) in [5.74, 6) is -0.714. The third-order valence-corrected chi connectivity index (χ3v) is 9.09. The number of carboxylic acid groups (broad SMARTS) is 1. The molecule has 41 heavy (non-hydrogen) atoms. The summed E-state index contributed by atoms with van der Waals surface area (Å²) in [6.45, 7) is 2.95. The Morgan fingerprint density at radius 2 is 1.95 bits per heavy atom. The molecule has 2 saturated heterocycles. The monoisotopic (exact) mass is 571 g/mol. The number of carbonyl (C=O) groups is 1. The second kappa shape index (κ2) is 9.46. The zero-order chi connectivity index (χ0) is 28.6. The molecule has 3 aliphatic rings. The highest BCUT2D eigenvalue weighted by Crippen LogP contribution is 2.51. The van der Waals surface area contributed by atoms with Crippen molar-refractivity contribution in [1.82, 2.24) is 19.5 Å². The maximum atomic E-state index is 13.3. The third kappa shape index (κ3) is 3.88. The summed E-state index contributed by atoms with van der Waals surface area (Å²) < 4.78 is 1.46. The number of hydrogen-bond acceptors (Lipinski definition) is 8. The summed E-state index contributed by atoms with van der Waals surface area (Å²) in [6, 6.07) is 6.07. The predicted molar refractivity (Wildman–Crippen MR) is 161 cm³/mol. The molecule has 2 aliphatic heterocycles. The number of rotatable bonds is 5. The summed E-state index contributed by atoms with van der Waals surface area (Å²) in [5, 5.41) is 13.9. The van der Waals surface area contributed by atoms with Crippen molar-refractivity contribution in [2.45, 2.75) is 18.9 Å². The Kier molecular flexibility index (Phi) is 5.95. The molecule has 0 unspecified atom stereocenters. The Morgan fingerprint density at radius 1 is 1.12 bits per heavy atom. The van der Waals surface area contributed by atoms with Gasteiger partial charge in [-0.25, -0.2) is 14.5 Å². The number of pyridine rings is 3. The van der Waals surface area contributed by atoms with Crippen LogP contribution in [0.2, 0.25) is 5.02 Å². The van der Waals surface area contributed by atoms with Crippen molar-refractivity contribution in [2.24, 2.45) is 5.92 Å². The first-order valence-corrected chi connectivity index (χ1v) is 14.1. The number of likely N-dealkylation sites (tertiary alicyclic amines) is 1. The van der Waals surface area contributed by atoms with Gasteiger partial charge in [0, 0.05) is 92.2 Å². The van der Waals surface area contributed by atoms with E-state index in [1.54, 1.807) is 19.3 Å². The second-order valence-corrected chi connectivity index (χ2v) is 11.6. The molecule has 11 heteroatoms. The van der Waals surface area contributed by atoms with E-state index >= 15 is 0 Å². The van der Waals surface area contributed by atoms with Crippen LogP contribution in [0.1, 0.15) is 28.0 Å². The molecule has 0 spiro atoms. The van der Waals surface area contributed by atoms with Gasteiger partial charge in [0.1, 0.15) is 5.56 Å². The van der Waals surface area contributed by atoms with E-state index in [0.717, 1.165) is 65.4 Å². The van der Waals surface area contributed by atoms with Gasteiger partial charge in [0.2, 0.25) is 5.43 Å². The fourth-order valence-electron chi connectivity index (χ4n) is 7.04. The molecule has 1 aliphatic carbocycles. The minimum atomic E-state index is -1.28. The first-order valence-electron chi connectivity index (χ1n) is 13.7. The van der Waals surface area contributed by atoms with Gasteiger partial charge in [0.15, 0.2) is 5.65 Å². The number of likely N-dealkylation sites (N-methyl/N-ethyl adjacent to an activating group) is 1. The fraction of sp³-hybridized carbons (Fsp3) is 0.333. The van der Waals surface area contributed by atoms with Gasteiger partial charge < -0.3 is 25.6 Å². The zero-order valence-electron chi connectivity index (χ0n) is 23.0. The number of benzene rings is 1. The lowest BCUT2D eigenvalue weighted by molar-refractivity contribution is 0.0695. The van der Waals surface area contributed by atoms with Crippen LogP contribution in [0.25, 0.3) is 33.3 Å². The zero-order valence-corrected chi connectivity index (χ0v) is 23.8. The number of hydrogen-bond donors (Lipinski definition) is 3. The highest BCUT2D eigenvalue weighted by Gasteiger charge is 2.43. The lowest BCUT2D eigenvalue weighted by atomic mass is 9.96. The minimum absolute atomic E-state index is 0.226. The number of aromatic carboxylic acids is 1. The Labute approximate surface area is 241 Å². The van der Waals surface area contributed by atoms with E-state index in [-0.39, 0.29) is 10.9 Å². The van der Waals surface area contributed by atoms with Gasteiger partial charge in [0.05, 0.1) is 16.8 Å². The molecule has 0 amide bonds. The van der Waals surface area contributed by atoms with Crippen LogP contribution in [0.4, 0.5) is 11.4 Å². The molecule has 3 N–H and O–H groups in total. The molecule has 5 heterocycles. The summed E-state index contributed by atoms with van der Waals surface area (Å²) in [6.07, 6.45) is 6.68. The molecule has 210 valence electrons. The molecule has 3 aromatic heterocycles. The van der Waals surface area contributed by atoms with Crippen molar-refractivity contribution in [1.29, 1.82) is 0 Å². The van der Waals surface area contributed by atoms with Crippen molar-refractivity contribution in [2.75, 3.05) is 56.4 Å². The Balaban J connectivity index is 1.50. The molecular formula is C30H30ClN7O3. The lowest BCUT2D eigenvalue weighted by Gasteiger charge is -2.31. The van der Waals surface area contributed by atoms with E-state index in [1.807, 2.05) is 25.4 Å². The number of aromatic nitrogens is 3. The molecule has 7 rings (SSSR count).